The van der Waals surface area contributed by atoms with Crippen molar-refractivity contribution in [3.8, 4) is 0 Å². The Morgan fingerprint density at radius 1 is 0.712 bits per heavy atom. The molecule has 52 heavy (non-hydrogen) atoms. The minimum absolute atomic E-state index is 0. The van der Waals surface area contributed by atoms with E-state index in [2.05, 4.69) is 20.9 Å². The normalized spacial score (nSPS) is 15.8. The van der Waals surface area contributed by atoms with Gasteiger partial charge in [0.25, 0.3) is 11.8 Å². The predicted octanol–water partition coefficient (Wildman–Crippen LogP) is -4.15. The topological polar surface area (TPSA) is 233 Å². The first-order valence-corrected chi connectivity index (χ1v) is 17.1. The van der Waals surface area contributed by atoms with E-state index in [1.807, 2.05) is 31.2 Å². The molecule has 1 heterocycles. The quantitative estimate of drug-likeness (QED) is 0.104. The number of nitrogens with zero attached hydrogens (tertiary/aromatic N) is 4. The Bertz CT molecular complexity index is 1490. The van der Waals surface area contributed by atoms with Gasteiger partial charge < -0.3 is 39.7 Å². The van der Waals surface area contributed by atoms with Crippen LogP contribution in [0.5, 0.6) is 0 Å². The maximum Gasteiger partial charge on any atom is 3.00 e. The van der Waals surface area contributed by atoms with Gasteiger partial charge in [-0.2, -0.15) is 0 Å². The molecule has 3 amide bonds. The molecule has 3 rings (SSSR count). The number of benzene rings is 2. The van der Waals surface area contributed by atoms with Crippen molar-refractivity contribution in [2.24, 2.45) is 0 Å². The summed E-state index contributed by atoms with van der Waals surface area (Å²) in [4.78, 5) is 79.8. The summed E-state index contributed by atoms with van der Waals surface area (Å²) < 4.78 is 3.18. The van der Waals surface area contributed by atoms with Gasteiger partial charge in [-0.15, -0.1) is 0 Å². The van der Waals surface area contributed by atoms with Gasteiger partial charge in [0.15, 0.2) is 0 Å². The largest absolute Gasteiger partial charge is 3.00 e. The number of carbonyl (C=O) groups excluding carboxylic acids is 6. The first-order valence-electron chi connectivity index (χ1n) is 16.3. The number of amides is 3. The van der Waals surface area contributed by atoms with Crippen LogP contribution < -0.4 is 36.2 Å². The number of hydrazine groups is 1. The Kier molecular flexibility index (Phi) is 20.0. The van der Waals surface area contributed by atoms with Crippen molar-refractivity contribution in [2.75, 3.05) is 83.3 Å². The number of nitrogens with one attached hydrogen (secondary N) is 4. The van der Waals surface area contributed by atoms with E-state index < -0.39 is 67.9 Å². The fourth-order valence-electron chi connectivity index (χ4n) is 5.16. The van der Waals surface area contributed by atoms with Crippen molar-refractivity contribution in [1.29, 1.82) is 0 Å². The van der Waals surface area contributed by atoms with Gasteiger partial charge in [0.05, 0.1) is 36.1 Å². The molecule has 0 spiro atoms. The van der Waals surface area contributed by atoms with Gasteiger partial charge in [-0.25, -0.2) is 0 Å². The predicted molar refractivity (Wildman–Crippen MR) is 181 cm³/mol. The van der Waals surface area contributed by atoms with Gasteiger partial charge >= 0.3 is 39.9 Å². The number of aryl methyl sites for hydroxylation is 1. The molecule has 17 nitrogen and oxygen atoms in total. The molecular formula is C33H43GdN8O9S. The summed E-state index contributed by atoms with van der Waals surface area (Å²) in [5, 5.41) is 36.6. The molecule has 1 saturated heterocycles. The summed E-state index contributed by atoms with van der Waals surface area (Å²) in [6.45, 7) is 3.17. The first kappa shape index (κ1) is 44.7. The van der Waals surface area contributed by atoms with E-state index in [-0.39, 0.29) is 92.3 Å². The molecular weight excluding hydrogens is 842 g/mol. The molecule has 19 heteroatoms. The van der Waals surface area contributed by atoms with Gasteiger partial charge in [-0.05, 0) is 50.1 Å². The summed E-state index contributed by atoms with van der Waals surface area (Å²) in [7, 11) is 0. The van der Waals surface area contributed by atoms with Crippen LogP contribution in [0.1, 0.15) is 22.8 Å². The molecule has 0 aromatic heterocycles. The average molecular weight is 885 g/mol. The molecule has 2 aromatic rings. The van der Waals surface area contributed by atoms with Crippen LogP contribution >= 0.6 is 11.9 Å². The number of carboxylic acid groups (broad SMARTS) is 3. The number of rotatable bonds is 14. The molecule has 0 bridgehead atoms. The third kappa shape index (κ3) is 16.5. The summed E-state index contributed by atoms with van der Waals surface area (Å²) >= 11 is 1.23. The molecule has 4 N–H and O–H groups in total. The number of carbonyl (C=O) groups is 6. The van der Waals surface area contributed by atoms with Crippen LogP contribution in [-0.4, -0.2) is 140 Å². The van der Waals surface area contributed by atoms with E-state index in [0.29, 0.717) is 10.5 Å². The Hall–Kier alpha value is -3.43. The van der Waals surface area contributed by atoms with Crippen LogP contribution in [0.25, 0.3) is 0 Å². The Balaban J connectivity index is 0.00000936. The molecule has 1 radical (unpaired) electrons. The minimum Gasteiger partial charge on any atom is -0.549 e. The van der Waals surface area contributed by atoms with Crippen LogP contribution in [0.2, 0.25) is 0 Å². The number of hydrogen-bond donors (Lipinski definition) is 4. The van der Waals surface area contributed by atoms with Crippen molar-refractivity contribution in [1.82, 2.24) is 35.8 Å². The van der Waals surface area contributed by atoms with Crippen LogP contribution in [0.15, 0.2) is 53.4 Å². The maximum atomic E-state index is 13.2. The zero-order valence-electron chi connectivity index (χ0n) is 28.9. The summed E-state index contributed by atoms with van der Waals surface area (Å²) in [5.74, 6) is -5.78. The van der Waals surface area contributed by atoms with Crippen molar-refractivity contribution >= 4 is 53.3 Å². The van der Waals surface area contributed by atoms with Crippen LogP contribution in [0.4, 0.5) is 5.69 Å². The summed E-state index contributed by atoms with van der Waals surface area (Å²) in [6, 6.07) is 13.7. The Morgan fingerprint density at radius 3 is 1.69 bits per heavy atom. The van der Waals surface area contributed by atoms with E-state index in [4.69, 9.17) is 0 Å². The van der Waals surface area contributed by atoms with E-state index in [1.54, 1.807) is 45.9 Å². The standard InChI is InChI=1S/C33H46N8O9S.Gd/c1-23-7-9-25(10-8-23)37-51-27-6-4-3-5-26(27)33(50)36-35-28(42)19-34-32(49)24(2)41-17-15-39(21-30(45)46)13-11-38(20-29(43)44)12-14-40(16-18-41)22-31(47)48;/h3-10,24,37H,11-22H2,1-2H3,(H,34,49)(H,35,42)(H,36,50)(H,43,44)(H,45,46)(H,47,48);/q;+3/p-3. The molecule has 0 aliphatic carbocycles. The monoisotopic (exact) mass is 885 g/mol. The molecule has 1 unspecified atom stereocenters. The Labute approximate surface area is 338 Å². The zero-order valence-corrected chi connectivity index (χ0v) is 32.0. The van der Waals surface area contributed by atoms with Crippen LogP contribution in [0.3, 0.4) is 0 Å². The third-order valence-corrected chi connectivity index (χ3v) is 8.97. The maximum absolute atomic E-state index is 13.2. The second kappa shape index (κ2) is 23.3. The second-order valence-corrected chi connectivity index (χ2v) is 12.8. The molecule has 283 valence electrons. The SMILES string of the molecule is Cc1ccc(NSc2ccccc2C(=O)NNC(=O)CNC(=O)C(C)N2CCN(CC(=O)[O-])CCN(CC(=O)[O-])CCN(CC(=O)[O-])CC2)cc1.[Gd+3]. The zero-order chi connectivity index (χ0) is 37.3. The number of carboxylic acids is 3. The molecule has 1 aliphatic rings. The number of aliphatic carboxylic acids is 3. The van der Waals surface area contributed by atoms with Crippen LogP contribution in [0, 0.1) is 46.9 Å². The summed E-state index contributed by atoms with van der Waals surface area (Å²) in [6.07, 6.45) is 0. The van der Waals surface area contributed by atoms with Gasteiger partial charge in [0.1, 0.15) is 0 Å². The fraction of sp³-hybridized carbons (Fsp3) is 0.455. The fourth-order valence-corrected chi connectivity index (χ4v) is 5.94. The van der Waals surface area contributed by atoms with E-state index in [0.717, 1.165) is 11.3 Å². The van der Waals surface area contributed by atoms with Crippen LogP contribution in [-0.2, 0) is 24.0 Å². The van der Waals surface area contributed by atoms with Gasteiger partial charge in [0, 0.05) is 82.6 Å². The molecule has 0 saturated carbocycles. The van der Waals surface area contributed by atoms with E-state index in [1.165, 1.54) is 16.8 Å². The van der Waals surface area contributed by atoms with E-state index in [9.17, 15) is 44.1 Å². The third-order valence-electron chi connectivity index (χ3n) is 8.06. The molecule has 1 fully saturated rings. The van der Waals surface area contributed by atoms with Crippen molar-refractivity contribution in [2.45, 2.75) is 24.8 Å². The Morgan fingerprint density at radius 2 is 1.19 bits per heavy atom. The van der Waals surface area contributed by atoms with Gasteiger partial charge in [-0.3, -0.25) is 44.8 Å². The molecule has 2 aromatic carbocycles. The second-order valence-electron chi connectivity index (χ2n) is 11.9. The minimum atomic E-state index is -1.33. The number of anilines is 1. The van der Waals surface area contributed by atoms with Crippen molar-refractivity contribution < 1.29 is 84.0 Å². The average Bonchev–Trinajstić information content (AvgIpc) is 3.08. The molecule has 1 aliphatic heterocycles. The van der Waals surface area contributed by atoms with Crippen molar-refractivity contribution in [3.05, 3.63) is 59.7 Å². The van der Waals surface area contributed by atoms with Gasteiger partial charge in [0.2, 0.25) is 5.91 Å². The van der Waals surface area contributed by atoms with E-state index >= 15 is 0 Å². The van der Waals surface area contributed by atoms with Gasteiger partial charge in [-0.1, -0.05) is 29.8 Å². The number of hydrogen-bond acceptors (Lipinski definition) is 15. The van der Waals surface area contributed by atoms with Crippen molar-refractivity contribution in [3.63, 3.8) is 0 Å². The molecule has 1 atom stereocenters. The smallest absolute Gasteiger partial charge is 0.549 e. The summed E-state index contributed by atoms with van der Waals surface area (Å²) in [5.41, 5.74) is 6.91. The first-order chi connectivity index (χ1) is 24.3.